The van der Waals surface area contributed by atoms with Crippen LogP contribution in [0.3, 0.4) is 0 Å². The van der Waals surface area contributed by atoms with Crippen LogP contribution < -0.4 is 10.7 Å². The average Bonchev–Trinajstić information content (AvgIpc) is 3.50. The number of hydrogen-bond acceptors (Lipinski definition) is 11. The fourth-order valence-electron chi connectivity index (χ4n) is 3.04. The molecule has 34 heavy (non-hydrogen) atoms. The molecule has 0 aliphatic rings. The van der Waals surface area contributed by atoms with E-state index in [1.807, 2.05) is 0 Å². The first-order chi connectivity index (χ1) is 16.6. The summed E-state index contributed by atoms with van der Waals surface area (Å²) in [5.74, 6) is 0.712. The summed E-state index contributed by atoms with van der Waals surface area (Å²) >= 11 is 0. The Morgan fingerprint density at radius 1 is 0.971 bits per heavy atom. The van der Waals surface area contributed by atoms with Crippen molar-refractivity contribution in [2.24, 2.45) is 5.10 Å². The molecule has 0 aliphatic heterocycles. The van der Waals surface area contributed by atoms with E-state index in [0.29, 0.717) is 22.8 Å². The molecule has 2 N–H and O–H groups in total. The van der Waals surface area contributed by atoms with Gasteiger partial charge in [0.2, 0.25) is 11.3 Å². The van der Waals surface area contributed by atoms with Crippen molar-refractivity contribution in [2.75, 3.05) is 10.7 Å². The van der Waals surface area contributed by atoms with Crippen LogP contribution >= 0.6 is 0 Å². The van der Waals surface area contributed by atoms with E-state index in [2.05, 4.69) is 40.8 Å². The smallest absolute Gasteiger partial charge is 0.280 e. The number of anilines is 3. The second-order valence-electron chi connectivity index (χ2n) is 6.81. The Kier molecular flexibility index (Phi) is 5.32. The Hall–Kier alpha value is -5.20. The first-order valence-corrected chi connectivity index (χ1v) is 9.72. The minimum absolute atomic E-state index is 0.0697. The van der Waals surface area contributed by atoms with Crippen molar-refractivity contribution in [2.45, 2.75) is 0 Å². The van der Waals surface area contributed by atoms with Crippen molar-refractivity contribution < 1.29 is 18.4 Å². The molecule has 0 unspecified atom stereocenters. The minimum Gasteiger partial charge on any atom is -0.455 e. The molecule has 2 aromatic carbocycles. The van der Waals surface area contributed by atoms with Crippen LogP contribution in [-0.4, -0.2) is 31.4 Å². The molecule has 5 rings (SSSR count). The summed E-state index contributed by atoms with van der Waals surface area (Å²) in [5, 5.41) is 25.7. The van der Waals surface area contributed by atoms with Crippen molar-refractivity contribution in [3.05, 3.63) is 82.4 Å². The fourth-order valence-corrected chi connectivity index (χ4v) is 3.04. The van der Waals surface area contributed by atoms with Crippen molar-refractivity contribution in [1.82, 2.24) is 20.3 Å². The summed E-state index contributed by atoms with van der Waals surface area (Å²) < 4.78 is 23.5. The van der Waals surface area contributed by atoms with Gasteiger partial charge in [0.05, 0.1) is 16.7 Å². The van der Waals surface area contributed by atoms with Crippen molar-refractivity contribution in [3.8, 4) is 11.3 Å². The van der Waals surface area contributed by atoms with Gasteiger partial charge in [0.15, 0.2) is 11.6 Å². The van der Waals surface area contributed by atoms with Gasteiger partial charge < -0.3 is 9.73 Å². The molecular weight excluding hydrogens is 447 g/mol. The second-order valence-corrected chi connectivity index (χ2v) is 6.81. The van der Waals surface area contributed by atoms with Crippen LogP contribution in [0.2, 0.25) is 0 Å². The molecule has 3 aromatic heterocycles. The number of fused-ring (bicyclic) bond motifs is 1. The fraction of sp³-hybridized carbons (Fsp3) is 0. The predicted octanol–water partition coefficient (Wildman–Crippen LogP) is 4.51. The van der Waals surface area contributed by atoms with E-state index in [0.717, 1.165) is 0 Å². The molecule has 168 valence electrons. The van der Waals surface area contributed by atoms with Crippen LogP contribution in [0.5, 0.6) is 0 Å². The Bertz CT molecular complexity index is 1510. The number of hydrazone groups is 1. The molecule has 0 fully saturated rings. The van der Waals surface area contributed by atoms with Crippen molar-refractivity contribution in [1.29, 1.82) is 0 Å². The lowest BCUT2D eigenvalue weighted by Gasteiger charge is -2.09. The normalized spacial score (nSPS) is 11.2. The van der Waals surface area contributed by atoms with Crippen LogP contribution in [0.1, 0.15) is 5.76 Å². The van der Waals surface area contributed by atoms with E-state index >= 15 is 0 Å². The van der Waals surface area contributed by atoms with E-state index < -0.39 is 4.92 Å². The van der Waals surface area contributed by atoms with Crippen LogP contribution in [0, 0.1) is 15.9 Å². The Balaban J connectivity index is 1.38. The summed E-state index contributed by atoms with van der Waals surface area (Å²) in [4.78, 5) is 19.3. The molecule has 0 bridgehead atoms. The molecule has 0 atom stereocenters. The lowest BCUT2D eigenvalue weighted by atomic mass is 10.1. The zero-order valence-corrected chi connectivity index (χ0v) is 17.0. The minimum atomic E-state index is -0.476. The summed E-state index contributed by atoms with van der Waals surface area (Å²) in [6, 6.07) is 15.1. The van der Waals surface area contributed by atoms with E-state index in [4.69, 9.17) is 4.42 Å². The average molecular weight is 460 g/mol. The maximum atomic E-state index is 13.2. The molecule has 0 aliphatic carbocycles. The van der Waals surface area contributed by atoms with Gasteiger partial charge in [-0.3, -0.25) is 15.5 Å². The number of nitro benzene ring substituents is 1. The number of nitrogens with zero attached hydrogens (tertiary/aromatic N) is 6. The molecular formula is C21H13FN8O4. The maximum absolute atomic E-state index is 13.2. The van der Waals surface area contributed by atoms with Crippen LogP contribution in [-0.2, 0) is 0 Å². The molecule has 0 saturated carbocycles. The predicted molar refractivity (Wildman–Crippen MR) is 119 cm³/mol. The highest BCUT2D eigenvalue weighted by atomic mass is 19.1. The molecule has 12 nitrogen and oxygen atoms in total. The summed E-state index contributed by atoms with van der Waals surface area (Å²) in [6.07, 6.45) is 1.37. The monoisotopic (exact) mass is 460 g/mol. The van der Waals surface area contributed by atoms with Gasteiger partial charge >= 0.3 is 0 Å². The third-order valence-corrected chi connectivity index (χ3v) is 4.58. The SMILES string of the molecule is O=[N+]([O-])c1ccccc1-c1ccc(/C=N/Nc2nc3nonc3nc2Nc2ccc(F)cc2)o1. The number of furan rings is 1. The topological polar surface area (TPSA) is 157 Å². The number of rotatable bonds is 7. The molecule has 13 heteroatoms. The number of hydrogen-bond donors (Lipinski definition) is 2. The first-order valence-electron chi connectivity index (χ1n) is 9.72. The van der Waals surface area contributed by atoms with E-state index in [-0.39, 0.29) is 34.4 Å². The van der Waals surface area contributed by atoms with Gasteiger partial charge in [-0.2, -0.15) is 10.1 Å². The van der Waals surface area contributed by atoms with Crippen LogP contribution in [0.25, 0.3) is 22.6 Å². The molecule has 3 heterocycles. The van der Waals surface area contributed by atoms with Gasteiger partial charge in [-0.25, -0.2) is 14.0 Å². The highest BCUT2D eigenvalue weighted by Gasteiger charge is 2.17. The first kappa shape index (κ1) is 20.7. The highest BCUT2D eigenvalue weighted by Crippen LogP contribution is 2.30. The third kappa shape index (κ3) is 4.25. The van der Waals surface area contributed by atoms with Gasteiger partial charge in [0.1, 0.15) is 17.3 Å². The standard InChI is InChI=1S/C21H13FN8O4/c22-12-5-7-13(8-6-12)24-18-19(26-21-20(25-18)28-34-29-21)27-23-11-14-9-10-17(33-14)15-3-1-2-4-16(15)30(31)32/h1-11H,(H,24,25,28)(H,26,27,29)/b23-11+. The number of halogens is 1. The summed E-state index contributed by atoms with van der Waals surface area (Å²) in [5.41, 5.74) is 3.89. The van der Waals surface area contributed by atoms with Gasteiger partial charge in [-0.05, 0) is 52.8 Å². The highest BCUT2D eigenvalue weighted by molar-refractivity contribution is 5.81. The molecule has 5 aromatic rings. The van der Waals surface area contributed by atoms with Crippen LogP contribution in [0.4, 0.5) is 27.4 Å². The molecule has 0 amide bonds. The largest absolute Gasteiger partial charge is 0.455 e. The van der Waals surface area contributed by atoms with E-state index in [1.54, 1.807) is 30.3 Å². The van der Waals surface area contributed by atoms with E-state index in [9.17, 15) is 14.5 Å². The number of para-hydroxylation sites is 1. The lowest BCUT2D eigenvalue weighted by molar-refractivity contribution is -0.384. The zero-order chi connectivity index (χ0) is 23.5. The number of nitro groups is 1. The van der Waals surface area contributed by atoms with Crippen LogP contribution in [0.15, 0.2) is 74.8 Å². The van der Waals surface area contributed by atoms with Crippen molar-refractivity contribution in [3.63, 3.8) is 0 Å². The van der Waals surface area contributed by atoms with Crippen molar-refractivity contribution >= 4 is 40.5 Å². The van der Waals surface area contributed by atoms with Gasteiger partial charge in [0.25, 0.3) is 5.69 Å². The maximum Gasteiger partial charge on any atom is 0.280 e. The Morgan fingerprint density at radius 2 is 1.71 bits per heavy atom. The number of benzene rings is 2. The molecule has 0 spiro atoms. The summed E-state index contributed by atoms with van der Waals surface area (Å²) in [6.45, 7) is 0. The molecule has 0 radical (unpaired) electrons. The zero-order valence-electron chi connectivity index (χ0n) is 17.0. The number of aromatic nitrogens is 4. The Labute approximate surface area is 189 Å². The summed E-state index contributed by atoms with van der Waals surface area (Å²) in [7, 11) is 0. The molecule has 0 saturated heterocycles. The Morgan fingerprint density at radius 3 is 2.47 bits per heavy atom. The number of nitrogens with one attached hydrogen (secondary N) is 2. The second kappa shape index (κ2) is 8.74. The quantitative estimate of drug-likeness (QED) is 0.201. The van der Waals surface area contributed by atoms with E-state index in [1.165, 1.54) is 36.5 Å². The lowest BCUT2D eigenvalue weighted by Crippen LogP contribution is -2.03. The van der Waals surface area contributed by atoms with Gasteiger partial charge in [-0.15, -0.1) is 0 Å². The van der Waals surface area contributed by atoms with Gasteiger partial charge in [-0.1, -0.05) is 12.1 Å². The van der Waals surface area contributed by atoms with Gasteiger partial charge in [0, 0.05) is 11.8 Å². The third-order valence-electron chi connectivity index (χ3n) is 4.58.